The van der Waals surface area contributed by atoms with Gasteiger partial charge >= 0.3 is 0 Å². The quantitative estimate of drug-likeness (QED) is 0.908. The third-order valence-corrected chi connectivity index (χ3v) is 6.44. The Hall–Kier alpha value is -0.910. The van der Waals surface area contributed by atoms with Crippen LogP contribution in [-0.2, 0) is 22.9 Å². The van der Waals surface area contributed by atoms with Gasteiger partial charge in [-0.3, -0.25) is 0 Å². The van der Waals surface area contributed by atoms with E-state index >= 15 is 0 Å². The molecule has 1 fully saturated rings. The van der Waals surface area contributed by atoms with Gasteiger partial charge < -0.3 is 5.73 Å². The van der Waals surface area contributed by atoms with E-state index in [1.807, 2.05) is 12.1 Å². The highest BCUT2D eigenvalue weighted by Gasteiger charge is 2.32. The number of nitrogens with zero attached hydrogens (tertiary/aromatic N) is 1. The monoisotopic (exact) mass is 308 g/mol. The van der Waals surface area contributed by atoms with Crippen molar-refractivity contribution in [2.24, 2.45) is 11.7 Å². The number of fused-ring (bicyclic) bond motifs is 1. The summed E-state index contributed by atoms with van der Waals surface area (Å²) in [6, 6.07) is 5.59. The van der Waals surface area contributed by atoms with E-state index in [-0.39, 0.29) is 6.04 Å². The molecule has 4 nitrogen and oxygen atoms in total. The van der Waals surface area contributed by atoms with Gasteiger partial charge in [-0.25, -0.2) is 8.42 Å². The van der Waals surface area contributed by atoms with E-state index in [2.05, 4.69) is 6.92 Å². The van der Waals surface area contributed by atoms with Crippen LogP contribution in [0.5, 0.6) is 0 Å². The van der Waals surface area contributed by atoms with Crippen LogP contribution in [0.15, 0.2) is 23.1 Å². The van der Waals surface area contributed by atoms with Crippen LogP contribution in [0.2, 0.25) is 0 Å². The van der Waals surface area contributed by atoms with Crippen molar-refractivity contribution >= 4 is 10.0 Å². The molecule has 0 aromatic heterocycles. The van der Waals surface area contributed by atoms with Gasteiger partial charge in [-0.1, -0.05) is 13.0 Å². The number of nitrogens with two attached hydrogens (primary N) is 1. The SMILES string of the molecule is CC1CC(N)CN(S(=O)(=O)c2ccc3c(c2)CCCC3)C1. The molecular formula is C16H24N2O2S. The first kappa shape index (κ1) is 15.0. The van der Waals surface area contributed by atoms with Crippen molar-refractivity contribution in [3.63, 3.8) is 0 Å². The minimum absolute atomic E-state index is 0.0545. The van der Waals surface area contributed by atoms with Crippen LogP contribution in [-0.4, -0.2) is 31.9 Å². The first-order valence-corrected chi connectivity index (χ1v) is 9.28. The van der Waals surface area contributed by atoms with Crippen LogP contribution in [0, 0.1) is 5.92 Å². The summed E-state index contributed by atoms with van der Waals surface area (Å²) in [5.74, 6) is 0.321. The van der Waals surface area contributed by atoms with Crippen LogP contribution < -0.4 is 5.73 Å². The van der Waals surface area contributed by atoms with Crippen LogP contribution in [0.1, 0.15) is 37.3 Å². The highest BCUT2D eigenvalue weighted by molar-refractivity contribution is 7.89. The number of sulfonamides is 1. The summed E-state index contributed by atoms with van der Waals surface area (Å²) in [5.41, 5.74) is 8.51. The summed E-state index contributed by atoms with van der Waals surface area (Å²) in [5, 5.41) is 0. The summed E-state index contributed by atoms with van der Waals surface area (Å²) in [7, 11) is -3.41. The van der Waals surface area contributed by atoms with Gasteiger partial charge in [-0.05, 0) is 61.3 Å². The largest absolute Gasteiger partial charge is 0.326 e. The first-order chi connectivity index (χ1) is 9.96. The highest BCUT2D eigenvalue weighted by Crippen LogP contribution is 2.27. The van der Waals surface area contributed by atoms with Crippen molar-refractivity contribution in [1.29, 1.82) is 0 Å². The molecule has 0 saturated carbocycles. The molecule has 5 heteroatoms. The van der Waals surface area contributed by atoms with Gasteiger partial charge in [0.25, 0.3) is 0 Å². The molecule has 1 aliphatic heterocycles. The Morgan fingerprint density at radius 3 is 2.57 bits per heavy atom. The Bertz CT molecular complexity index is 617. The van der Waals surface area contributed by atoms with Crippen molar-refractivity contribution in [2.75, 3.05) is 13.1 Å². The number of piperidine rings is 1. The maximum absolute atomic E-state index is 12.8. The maximum Gasteiger partial charge on any atom is 0.243 e. The molecule has 2 atom stereocenters. The van der Waals surface area contributed by atoms with Crippen molar-refractivity contribution in [1.82, 2.24) is 4.31 Å². The van der Waals surface area contributed by atoms with Gasteiger partial charge in [-0.2, -0.15) is 4.31 Å². The lowest BCUT2D eigenvalue weighted by Crippen LogP contribution is -2.48. The van der Waals surface area contributed by atoms with Gasteiger partial charge in [0.2, 0.25) is 10.0 Å². The Balaban J connectivity index is 1.91. The average Bonchev–Trinajstić information content (AvgIpc) is 2.45. The molecule has 0 radical (unpaired) electrons. The van der Waals surface area contributed by atoms with E-state index in [0.717, 1.165) is 25.7 Å². The molecule has 1 saturated heterocycles. The van der Waals surface area contributed by atoms with Crippen LogP contribution >= 0.6 is 0 Å². The summed E-state index contributed by atoms with van der Waals surface area (Å²) in [6.45, 7) is 3.07. The molecule has 1 aromatic rings. The summed E-state index contributed by atoms with van der Waals surface area (Å²) < 4.78 is 27.2. The van der Waals surface area contributed by atoms with E-state index in [9.17, 15) is 8.42 Å². The molecular weight excluding hydrogens is 284 g/mol. The zero-order chi connectivity index (χ0) is 15.0. The zero-order valence-corrected chi connectivity index (χ0v) is 13.4. The minimum atomic E-state index is -3.41. The molecule has 1 heterocycles. The first-order valence-electron chi connectivity index (χ1n) is 7.84. The normalized spacial score (nSPS) is 27.3. The van der Waals surface area contributed by atoms with Gasteiger partial charge in [0.15, 0.2) is 0 Å². The lowest BCUT2D eigenvalue weighted by molar-refractivity contribution is 0.254. The maximum atomic E-state index is 12.8. The average molecular weight is 308 g/mol. The molecule has 2 unspecified atom stereocenters. The summed E-state index contributed by atoms with van der Waals surface area (Å²) >= 11 is 0. The molecule has 3 rings (SSSR count). The fraction of sp³-hybridized carbons (Fsp3) is 0.625. The number of aryl methyl sites for hydroxylation is 2. The predicted octanol–water partition coefficient (Wildman–Crippen LogP) is 1.92. The van der Waals surface area contributed by atoms with Gasteiger partial charge in [0.1, 0.15) is 0 Å². The second-order valence-electron chi connectivity index (χ2n) is 6.56. The van der Waals surface area contributed by atoms with E-state index in [1.165, 1.54) is 17.5 Å². The van der Waals surface area contributed by atoms with E-state index in [0.29, 0.717) is 23.9 Å². The Kier molecular flexibility index (Phi) is 4.08. The van der Waals surface area contributed by atoms with Crippen molar-refractivity contribution in [2.45, 2.75) is 50.0 Å². The summed E-state index contributed by atoms with van der Waals surface area (Å²) in [4.78, 5) is 0.435. The fourth-order valence-electron chi connectivity index (χ4n) is 3.57. The third-order valence-electron chi connectivity index (χ3n) is 4.62. The van der Waals surface area contributed by atoms with E-state index in [4.69, 9.17) is 5.73 Å². The summed E-state index contributed by atoms with van der Waals surface area (Å²) in [6.07, 6.45) is 5.33. The molecule has 21 heavy (non-hydrogen) atoms. The topological polar surface area (TPSA) is 63.4 Å². The van der Waals surface area contributed by atoms with Crippen molar-refractivity contribution < 1.29 is 8.42 Å². The second-order valence-corrected chi connectivity index (χ2v) is 8.50. The molecule has 0 bridgehead atoms. The third kappa shape index (κ3) is 3.00. The Morgan fingerprint density at radius 2 is 1.86 bits per heavy atom. The van der Waals surface area contributed by atoms with Crippen LogP contribution in [0.3, 0.4) is 0 Å². The predicted molar refractivity (Wildman–Crippen MR) is 83.6 cm³/mol. The standard InChI is InChI=1S/C16H24N2O2S/c1-12-8-15(17)11-18(10-12)21(19,20)16-7-6-13-4-2-3-5-14(13)9-16/h6-7,9,12,15H,2-5,8,10-11,17H2,1H3. The van der Waals surface area contributed by atoms with Crippen LogP contribution in [0.4, 0.5) is 0 Å². The molecule has 2 N–H and O–H groups in total. The molecule has 1 aliphatic carbocycles. The van der Waals surface area contributed by atoms with Crippen LogP contribution in [0.25, 0.3) is 0 Å². The number of hydrogen-bond acceptors (Lipinski definition) is 3. The van der Waals surface area contributed by atoms with Crippen molar-refractivity contribution in [3.05, 3.63) is 29.3 Å². The van der Waals surface area contributed by atoms with Gasteiger partial charge in [0.05, 0.1) is 4.90 Å². The minimum Gasteiger partial charge on any atom is -0.326 e. The number of benzene rings is 1. The lowest BCUT2D eigenvalue weighted by Gasteiger charge is -2.34. The molecule has 116 valence electrons. The number of hydrogen-bond donors (Lipinski definition) is 1. The van der Waals surface area contributed by atoms with E-state index in [1.54, 1.807) is 10.4 Å². The fourth-order valence-corrected chi connectivity index (χ4v) is 5.23. The lowest BCUT2D eigenvalue weighted by atomic mass is 9.92. The van der Waals surface area contributed by atoms with E-state index < -0.39 is 10.0 Å². The second kappa shape index (κ2) is 5.71. The molecule has 2 aliphatic rings. The zero-order valence-electron chi connectivity index (χ0n) is 12.6. The van der Waals surface area contributed by atoms with Gasteiger partial charge in [-0.15, -0.1) is 0 Å². The smallest absolute Gasteiger partial charge is 0.243 e. The van der Waals surface area contributed by atoms with Crippen molar-refractivity contribution in [3.8, 4) is 0 Å². The molecule has 0 amide bonds. The van der Waals surface area contributed by atoms with Gasteiger partial charge in [0, 0.05) is 19.1 Å². The Morgan fingerprint density at radius 1 is 1.14 bits per heavy atom. The highest BCUT2D eigenvalue weighted by atomic mass is 32.2. The Labute approximate surface area is 127 Å². The molecule has 1 aromatic carbocycles. The number of rotatable bonds is 2. The molecule has 0 spiro atoms.